The topological polar surface area (TPSA) is 17.0 Å². The van der Waals surface area contributed by atoms with Gasteiger partial charge in [0.1, 0.15) is 0 Å². The highest BCUT2D eigenvalue weighted by atomic mass is 35.5. The number of hydrogen-bond acceptors (Lipinski definition) is 1. The van der Waals surface area contributed by atoms with Gasteiger partial charge < -0.3 is 9.88 Å². The Morgan fingerprint density at radius 2 is 1.44 bits per heavy atom. The lowest BCUT2D eigenvalue weighted by molar-refractivity contribution is 0.981. The summed E-state index contributed by atoms with van der Waals surface area (Å²) >= 11 is 6.40. The molecule has 0 saturated carbocycles. The number of aryl methyl sites for hydroxylation is 3. The molecule has 3 heteroatoms. The number of nitrogens with one attached hydrogen (secondary N) is 1. The molecule has 6 aromatic rings. The van der Waals surface area contributed by atoms with E-state index in [0.29, 0.717) is 0 Å². The van der Waals surface area contributed by atoms with Crippen molar-refractivity contribution < 1.29 is 0 Å². The molecule has 0 amide bonds. The third kappa shape index (κ3) is 3.87. The number of rotatable bonds is 3. The number of aromatic nitrogens is 1. The van der Waals surface area contributed by atoms with Crippen LogP contribution in [-0.2, 0) is 0 Å². The number of benzene rings is 5. The second-order valence-electron chi connectivity index (χ2n) is 10.7. The molecule has 0 aliphatic carbocycles. The van der Waals surface area contributed by atoms with Crippen molar-refractivity contribution in [3.8, 4) is 16.9 Å². The summed E-state index contributed by atoms with van der Waals surface area (Å²) in [5.74, 6) is 0.0112. The number of fused-ring (bicyclic) bond motifs is 1. The quantitative estimate of drug-likeness (QED) is 0.243. The number of hydrogen-bond donors (Lipinski definition) is 1. The van der Waals surface area contributed by atoms with Gasteiger partial charge in [-0.2, -0.15) is 0 Å². The van der Waals surface area contributed by atoms with Crippen LogP contribution in [0.15, 0.2) is 109 Å². The zero-order chi connectivity index (χ0) is 26.7. The predicted octanol–water partition coefficient (Wildman–Crippen LogP) is 10.1. The molecule has 1 aliphatic rings. The van der Waals surface area contributed by atoms with Crippen molar-refractivity contribution >= 4 is 33.9 Å². The smallest absolute Gasteiger partial charge is 0.0583 e. The van der Waals surface area contributed by atoms with Crippen molar-refractivity contribution in [3.63, 3.8) is 0 Å². The minimum atomic E-state index is 0.0112. The first-order valence-electron chi connectivity index (χ1n) is 13.4. The van der Waals surface area contributed by atoms with Gasteiger partial charge in [0.05, 0.1) is 16.9 Å². The minimum Gasteiger partial charge on any atom is -0.354 e. The largest absolute Gasteiger partial charge is 0.354 e. The van der Waals surface area contributed by atoms with Crippen molar-refractivity contribution in [2.45, 2.75) is 26.7 Å². The summed E-state index contributed by atoms with van der Waals surface area (Å²) in [6, 6.07) is 39.4. The molecule has 7 rings (SSSR count). The SMILES string of the molecule is Cc1ccc(-n2c(-c3ccccc3)c3c4c(c(C)ccc42)Nc2ccc(C)cc2C3c2ccc(Cl)cc2)cc1. The van der Waals surface area contributed by atoms with Crippen molar-refractivity contribution in [1.82, 2.24) is 4.57 Å². The average Bonchev–Trinajstić information content (AvgIpc) is 3.20. The Bertz CT molecular complexity index is 1850. The molecule has 2 heterocycles. The van der Waals surface area contributed by atoms with Gasteiger partial charge in [-0.15, -0.1) is 0 Å². The van der Waals surface area contributed by atoms with Gasteiger partial charge in [-0.3, -0.25) is 0 Å². The molecule has 0 bridgehead atoms. The van der Waals surface area contributed by atoms with E-state index in [4.69, 9.17) is 11.6 Å². The van der Waals surface area contributed by atoms with Crippen molar-refractivity contribution in [2.24, 2.45) is 0 Å². The molecule has 0 fully saturated rings. The van der Waals surface area contributed by atoms with Crippen LogP contribution in [0.2, 0.25) is 5.02 Å². The highest BCUT2D eigenvalue weighted by Crippen LogP contribution is 2.52. The zero-order valence-electron chi connectivity index (χ0n) is 22.3. The molecular weight excluding hydrogens is 496 g/mol. The van der Waals surface area contributed by atoms with E-state index in [1.54, 1.807) is 0 Å². The van der Waals surface area contributed by atoms with E-state index < -0.39 is 0 Å². The first-order valence-corrected chi connectivity index (χ1v) is 13.8. The van der Waals surface area contributed by atoms with Crippen molar-refractivity contribution in [3.05, 3.63) is 148 Å². The van der Waals surface area contributed by atoms with E-state index in [1.165, 1.54) is 61.2 Å². The molecule has 0 spiro atoms. The fourth-order valence-electron chi connectivity index (χ4n) is 6.13. The van der Waals surface area contributed by atoms with E-state index in [9.17, 15) is 0 Å². The summed E-state index contributed by atoms with van der Waals surface area (Å²) in [6.45, 7) is 6.52. The van der Waals surface area contributed by atoms with Gasteiger partial charge in [0.25, 0.3) is 0 Å². The fraction of sp³-hybridized carbons (Fsp3) is 0.111. The molecule has 0 radical (unpaired) electrons. The van der Waals surface area contributed by atoms with Gasteiger partial charge in [0, 0.05) is 33.3 Å². The average molecular weight is 525 g/mol. The van der Waals surface area contributed by atoms with Crippen molar-refractivity contribution in [2.75, 3.05) is 5.32 Å². The summed E-state index contributed by atoms with van der Waals surface area (Å²) in [5.41, 5.74) is 14.6. The minimum absolute atomic E-state index is 0.0112. The van der Waals surface area contributed by atoms with Crippen LogP contribution in [-0.4, -0.2) is 4.57 Å². The molecule has 1 unspecified atom stereocenters. The molecule has 1 atom stereocenters. The lowest BCUT2D eigenvalue weighted by Gasteiger charge is -2.23. The number of nitrogens with zero attached hydrogens (tertiary/aromatic N) is 1. The Labute approximate surface area is 234 Å². The van der Waals surface area contributed by atoms with Crippen LogP contribution in [0.1, 0.15) is 39.3 Å². The molecule has 1 aliphatic heterocycles. The normalized spacial score (nSPS) is 14.1. The van der Waals surface area contributed by atoms with Crippen LogP contribution in [0.25, 0.3) is 27.8 Å². The maximum Gasteiger partial charge on any atom is 0.0583 e. The maximum absolute atomic E-state index is 6.40. The van der Waals surface area contributed by atoms with E-state index in [-0.39, 0.29) is 5.92 Å². The highest BCUT2D eigenvalue weighted by molar-refractivity contribution is 6.30. The number of halogens is 1. The predicted molar refractivity (Wildman–Crippen MR) is 165 cm³/mol. The van der Waals surface area contributed by atoms with E-state index in [0.717, 1.165) is 16.4 Å². The Morgan fingerprint density at radius 1 is 0.718 bits per heavy atom. The molecule has 1 N–H and O–H groups in total. The highest BCUT2D eigenvalue weighted by Gasteiger charge is 2.33. The fourth-order valence-corrected chi connectivity index (χ4v) is 6.25. The van der Waals surface area contributed by atoms with Crippen molar-refractivity contribution in [1.29, 1.82) is 0 Å². The Morgan fingerprint density at radius 3 is 2.18 bits per heavy atom. The van der Waals surface area contributed by atoms with E-state index in [1.807, 2.05) is 12.1 Å². The second-order valence-corrected chi connectivity index (χ2v) is 11.1. The Kier molecular flexibility index (Phi) is 5.61. The van der Waals surface area contributed by atoms with Gasteiger partial charge in [0.2, 0.25) is 0 Å². The van der Waals surface area contributed by atoms with Crippen LogP contribution in [0.4, 0.5) is 11.4 Å². The van der Waals surface area contributed by atoms with Gasteiger partial charge >= 0.3 is 0 Å². The summed E-state index contributed by atoms with van der Waals surface area (Å²) in [5, 5.41) is 5.90. The molecule has 1 aromatic heterocycles. The van der Waals surface area contributed by atoms with Crippen LogP contribution >= 0.6 is 11.6 Å². The summed E-state index contributed by atoms with van der Waals surface area (Å²) in [4.78, 5) is 0. The van der Waals surface area contributed by atoms with Crippen LogP contribution in [0, 0.1) is 20.8 Å². The second kappa shape index (κ2) is 9.18. The zero-order valence-corrected chi connectivity index (χ0v) is 23.1. The van der Waals surface area contributed by atoms with Gasteiger partial charge in [-0.1, -0.05) is 95.5 Å². The molecule has 2 nitrogen and oxygen atoms in total. The molecule has 190 valence electrons. The summed E-state index contributed by atoms with van der Waals surface area (Å²) in [7, 11) is 0. The molecule has 0 saturated heterocycles. The third-order valence-corrected chi connectivity index (χ3v) is 8.24. The van der Waals surface area contributed by atoms with Crippen LogP contribution in [0.5, 0.6) is 0 Å². The van der Waals surface area contributed by atoms with Gasteiger partial charge in [-0.25, -0.2) is 0 Å². The standard InChI is InChI=1S/C36H29ClN2/c1-22-9-17-28(18-10-22)39-31-20-12-24(3)35-33(31)34(36(39)26-7-5-4-6-8-26)32(25-13-15-27(37)16-14-25)29-21-23(2)11-19-30(29)38-35/h4-21,32,38H,1-3H3. The van der Waals surface area contributed by atoms with Crippen LogP contribution in [0.3, 0.4) is 0 Å². The monoisotopic (exact) mass is 524 g/mol. The first-order chi connectivity index (χ1) is 19.0. The maximum atomic E-state index is 6.40. The van der Waals surface area contributed by atoms with E-state index >= 15 is 0 Å². The van der Waals surface area contributed by atoms with Gasteiger partial charge in [-0.05, 0) is 79.4 Å². The third-order valence-electron chi connectivity index (χ3n) is 7.99. The lowest BCUT2D eigenvalue weighted by atomic mass is 9.82. The van der Waals surface area contributed by atoms with E-state index in [2.05, 4.69) is 128 Å². The summed E-state index contributed by atoms with van der Waals surface area (Å²) in [6.07, 6.45) is 0. The number of anilines is 2. The Balaban J connectivity index is 1.70. The molecular formula is C36H29ClN2. The molecule has 5 aromatic carbocycles. The lowest BCUT2D eigenvalue weighted by Crippen LogP contribution is -2.07. The molecule has 39 heavy (non-hydrogen) atoms. The summed E-state index contributed by atoms with van der Waals surface area (Å²) < 4.78 is 2.45. The first kappa shape index (κ1) is 23.8. The van der Waals surface area contributed by atoms with Crippen LogP contribution < -0.4 is 5.32 Å². The van der Waals surface area contributed by atoms with Gasteiger partial charge in [0.15, 0.2) is 0 Å². The Hall–Kier alpha value is -4.27.